The van der Waals surface area contributed by atoms with Gasteiger partial charge in [-0.05, 0) is 6.42 Å². The molecule has 1 saturated carbocycles. The third-order valence-electron chi connectivity index (χ3n) is 3.54. The molecule has 2 aromatic rings. The number of hydrogen-bond donors (Lipinski definition) is 3. The van der Waals surface area contributed by atoms with Gasteiger partial charge >= 0.3 is 0 Å². The zero-order chi connectivity index (χ0) is 13.6. The fraction of sp³-hybridized carbons (Fsp3) is 0.600. The lowest BCUT2D eigenvalue weighted by Gasteiger charge is -2.14. The Labute approximate surface area is 105 Å². The van der Waals surface area contributed by atoms with Crippen molar-refractivity contribution in [2.45, 2.75) is 24.7 Å². The Morgan fingerprint density at radius 3 is 3.05 bits per heavy atom. The van der Waals surface area contributed by atoms with Crippen molar-refractivity contribution in [3.8, 4) is 0 Å². The lowest BCUT2D eigenvalue weighted by Crippen LogP contribution is -2.27. The Morgan fingerprint density at radius 1 is 1.58 bits per heavy atom. The summed E-state index contributed by atoms with van der Waals surface area (Å²) in [5, 5.41) is 26.2. The molecule has 3 rings (SSSR count). The van der Waals surface area contributed by atoms with Crippen LogP contribution in [0.3, 0.4) is 0 Å². The van der Waals surface area contributed by atoms with Crippen LogP contribution < -0.4 is 5.56 Å². The molecule has 9 heteroatoms. The minimum Gasteiger partial charge on any atom is -0.396 e. The summed E-state index contributed by atoms with van der Waals surface area (Å²) >= 11 is 0. The first-order valence-electron chi connectivity index (χ1n) is 5.85. The molecule has 1 aliphatic carbocycles. The molecule has 0 spiro atoms. The Bertz CT molecular complexity index is 656. The predicted octanol–water partition coefficient (Wildman–Crippen LogP) is -1.23. The molecule has 0 amide bonds. The molecule has 4 atom stereocenters. The van der Waals surface area contributed by atoms with Crippen molar-refractivity contribution in [1.29, 1.82) is 0 Å². The van der Waals surface area contributed by atoms with E-state index >= 15 is 0 Å². The number of fused-ring (bicyclic) bond motifs is 1. The zero-order valence-corrected chi connectivity index (χ0v) is 9.77. The number of H-pyrrole nitrogens is 1. The van der Waals surface area contributed by atoms with Gasteiger partial charge in [0.25, 0.3) is 5.56 Å². The van der Waals surface area contributed by atoms with Gasteiger partial charge in [-0.25, -0.2) is 14.1 Å². The largest absolute Gasteiger partial charge is 0.396 e. The van der Waals surface area contributed by atoms with Crippen molar-refractivity contribution in [2.24, 2.45) is 5.92 Å². The third-order valence-corrected chi connectivity index (χ3v) is 3.54. The van der Waals surface area contributed by atoms with Gasteiger partial charge in [0.1, 0.15) is 6.17 Å². The number of aromatic nitrogens is 5. The first kappa shape index (κ1) is 12.2. The number of nitrogens with one attached hydrogen (secondary N) is 1. The van der Waals surface area contributed by atoms with Crippen molar-refractivity contribution in [3.63, 3.8) is 0 Å². The number of aliphatic hydroxyl groups excluding tert-OH is 2. The SMILES string of the molecule is O=c1[nH]cnc2c1nnn2[C@@H]1C[C@H](CO)[C@@H](O)[C@@H]1F. The van der Waals surface area contributed by atoms with Crippen molar-refractivity contribution in [1.82, 2.24) is 25.0 Å². The molecule has 102 valence electrons. The van der Waals surface area contributed by atoms with E-state index < -0.39 is 29.8 Å². The van der Waals surface area contributed by atoms with Gasteiger partial charge in [-0.15, -0.1) is 5.10 Å². The second-order valence-electron chi connectivity index (χ2n) is 4.62. The summed E-state index contributed by atoms with van der Waals surface area (Å²) in [6.45, 7) is -0.307. The molecule has 3 N–H and O–H groups in total. The topological polar surface area (TPSA) is 117 Å². The minimum atomic E-state index is -1.58. The number of nitrogens with zero attached hydrogens (tertiary/aromatic N) is 4. The van der Waals surface area contributed by atoms with E-state index in [1.54, 1.807) is 0 Å². The summed E-state index contributed by atoms with van der Waals surface area (Å²) in [4.78, 5) is 17.8. The molecule has 8 nitrogen and oxygen atoms in total. The van der Waals surface area contributed by atoms with Crippen LogP contribution in [-0.2, 0) is 0 Å². The highest BCUT2D eigenvalue weighted by atomic mass is 19.1. The maximum Gasteiger partial charge on any atom is 0.280 e. The van der Waals surface area contributed by atoms with Crippen molar-refractivity contribution >= 4 is 11.2 Å². The Morgan fingerprint density at radius 2 is 2.37 bits per heavy atom. The van der Waals surface area contributed by atoms with E-state index in [4.69, 9.17) is 5.11 Å². The fourth-order valence-electron chi connectivity index (χ4n) is 2.48. The summed E-state index contributed by atoms with van der Waals surface area (Å²) in [6, 6.07) is -0.786. The standard InChI is InChI=1S/C10H12FN5O3/c11-6-5(1-4(2-17)8(6)18)16-9-7(14-15-16)10(19)13-3-12-9/h3-6,8,17-18H,1-2H2,(H,12,13,19)/t4-,5-,6-,8-/m1/s1. The van der Waals surface area contributed by atoms with Crippen LogP contribution >= 0.6 is 0 Å². The molecule has 1 fully saturated rings. The van der Waals surface area contributed by atoms with Crippen LogP contribution in [0.25, 0.3) is 11.2 Å². The van der Waals surface area contributed by atoms with Gasteiger partial charge < -0.3 is 15.2 Å². The fourth-order valence-corrected chi connectivity index (χ4v) is 2.48. The average Bonchev–Trinajstić information content (AvgIpc) is 2.94. The van der Waals surface area contributed by atoms with Gasteiger partial charge in [-0.3, -0.25) is 4.79 Å². The highest BCUT2D eigenvalue weighted by molar-refractivity contribution is 5.67. The van der Waals surface area contributed by atoms with E-state index in [1.165, 1.54) is 11.0 Å². The summed E-state index contributed by atoms with van der Waals surface area (Å²) in [6.07, 6.45) is -1.43. The normalized spacial score (nSPS) is 31.1. The molecule has 0 aromatic carbocycles. The molecular weight excluding hydrogens is 257 g/mol. The monoisotopic (exact) mass is 269 g/mol. The van der Waals surface area contributed by atoms with Gasteiger partial charge in [-0.1, -0.05) is 5.21 Å². The maximum atomic E-state index is 14.0. The van der Waals surface area contributed by atoms with Crippen LogP contribution in [0.4, 0.5) is 4.39 Å². The lowest BCUT2D eigenvalue weighted by atomic mass is 10.1. The van der Waals surface area contributed by atoms with E-state index in [1.807, 2.05) is 0 Å². The summed E-state index contributed by atoms with van der Waals surface area (Å²) < 4.78 is 15.2. The van der Waals surface area contributed by atoms with Crippen LogP contribution in [-0.4, -0.2) is 54.1 Å². The number of hydrogen-bond acceptors (Lipinski definition) is 6. The first-order chi connectivity index (χ1) is 9.13. The van der Waals surface area contributed by atoms with Gasteiger partial charge in [0.05, 0.1) is 18.5 Å². The third kappa shape index (κ3) is 1.73. The average molecular weight is 269 g/mol. The molecule has 2 heterocycles. The van der Waals surface area contributed by atoms with E-state index in [0.29, 0.717) is 0 Å². The Balaban J connectivity index is 2.06. The Kier molecular flexibility index (Phi) is 2.79. The molecular formula is C10H12FN5O3. The number of alkyl halides is 1. The first-order valence-corrected chi connectivity index (χ1v) is 5.85. The molecule has 1 aliphatic rings. The second-order valence-corrected chi connectivity index (χ2v) is 4.62. The maximum absolute atomic E-state index is 14.0. The van der Waals surface area contributed by atoms with Crippen LogP contribution in [0, 0.1) is 5.92 Å². The lowest BCUT2D eigenvalue weighted by molar-refractivity contribution is 0.0392. The molecule has 0 saturated heterocycles. The smallest absolute Gasteiger partial charge is 0.280 e. The quantitative estimate of drug-likeness (QED) is 0.628. The number of halogens is 1. The van der Waals surface area contributed by atoms with Gasteiger partial charge in [-0.2, -0.15) is 0 Å². The van der Waals surface area contributed by atoms with Gasteiger partial charge in [0.2, 0.25) is 0 Å². The molecule has 0 bridgehead atoms. The summed E-state index contributed by atoms with van der Waals surface area (Å²) in [7, 11) is 0. The molecule has 19 heavy (non-hydrogen) atoms. The van der Waals surface area contributed by atoms with Gasteiger partial charge in [0.15, 0.2) is 11.2 Å². The molecule has 0 aliphatic heterocycles. The van der Waals surface area contributed by atoms with Crippen LogP contribution in [0.1, 0.15) is 12.5 Å². The molecule has 0 radical (unpaired) electrons. The van der Waals surface area contributed by atoms with E-state index in [9.17, 15) is 14.3 Å². The number of aliphatic hydroxyl groups is 2. The van der Waals surface area contributed by atoms with E-state index in [0.717, 1.165) is 0 Å². The van der Waals surface area contributed by atoms with Crippen LogP contribution in [0.2, 0.25) is 0 Å². The van der Waals surface area contributed by atoms with E-state index in [2.05, 4.69) is 20.3 Å². The number of aromatic amines is 1. The summed E-state index contributed by atoms with van der Waals surface area (Å²) in [5.41, 5.74) is -0.261. The summed E-state index contributed by atoms with van der Waals surface area (Å²) in [5.74, 6) is -0.554. The van der Waals surface area contributed by atoms with Gasteiger partial charge in [0, 0.05) is 12.5 Å². The molecule has 0 unspecified atom stereocenters. The molecule has 2 aromatic heterocycles. The van der Waals surface area contributed by atoms with Crippen molar-refractivity contribution in [2.75, 3.05) is 6.61 Å². The minimum absolute atomic E-state index is 0.0247. The van der Waals surface area contributed by atoms with Crippen LogP contribution in [0.5, 0.6) is 0 Å². The van der Waals surface area contributed by atoms with E-state index in [-0.39, 0.29) is 24.2 Å². The Hall–Kier alpha value is -1.87. The highest BCUT2D eigenvalue weighted by Crippen LogP contribution is 2.37. The van der Waals surface area contributed by atoms with Crippen LogP contribution in [0.15, 0.2) is 11.1 Å². The highest BCUT2D eigenvalue weighted by Gasteiger charge is 2.44. The number of rotatable bonds is 2. The van der Waals surface area contributed by atoms with Crippen molar-refractivity contribution in [3.05, 3.63) is 16.7 Å². The predicted molar refractivity (Wildman–Crippen MR) is 61.1 cm³/mol. The second kappa shape index (κ2) is 4.35. The van der Waals surface area contributed by atoms with Crippen molar-refractivity contribution < 1.29 is 14.6 Å². The zero-order valence-electron chi connectivity index (χ0n) is 9.77.